The largest absolute Gasteiger partial charge is 0.398 e. The van der Waals surface area contributed by atoms with Gasteiger partial charge in [-0.05, 0) is 49.8 Å². The Bertz CT molecular complexity index is 611. The van der Waals surface area contributed by atoms with Gasteiger partial charge in [0, 0.05) is 6.61 Å². The molecule has 1 aliphatic heterocycles. The lowest BCUT2D eigenvalue weighted by atomic mass is 10.1. The van der Waals surface area contributed by atoms with Gasteiger partial charge in [0.2, 0.25) is 10.0 Å². The molecule has 2 atom stereocenters. The van der Waals surface area contributed by atoms with Crippen molar-refractivity contribution in [2.45, 2.75) is 43.2 Å². The van der Waals surface area contributed by atoms with Gasteiger partial charge in [-0.1, -0.05) is 6.07 Å². The highest BCUT2D eigenvalue weighted by atomic mass is 32.2. The minimum Gasteiger partial charge on any atom is -0.398 e. The lowest BCUT2D eigenvalue weighted by molar-refractivity contribution is 0.0848. The average molecular weight is 296 g/mol. The standard InChI is InChI=1S/C14H20N2O3S/c1-9-2-5-13(11(15)8-9)20(17,18)16-12-6-7-19-14(12)10-3-4-10/h2,5,8,10,12,14,16H,3-4,6-7,15H2,1H3. The molecule has 1 aromatic rings. The van der Waals surface area contributed by atoms with Crippen LogP contribution in [-0.2, 0) is 14.8 Å². The maximum Gasteiger partial charge on any atom is 0.242 e. The molecule has 1 saturated heterocycles. The number of nitrogen functional groups attached to an aromatic ring is 1. The third kappa shape index (κ3) is 2.68. The van der Waals surface area contributed by atoms with Crippen molar-refractivity contribution in [3.05, 3.63) is 23.8 Å². The molecule has 5 nitrogen and oxygen atoms in total. The van der Waals surface area contributed by atoms with E-state index in [2.05, 4.69) is 4.72 Å². The number of nitrogens with two attached hydrogens (primary N) is 1. The van der Waals surface area contributed by atoms with Crippen molar-refractivity contribution in [2.75, 3.05) is 12.3 Å². The molecule has 2 unspecified atom stereocenters. The minimum absolute atomic E-state index is 0.0245. The van der Waals surface area contributed by atoms with Gasteiger partial charge < -0.3 is 10.5 Å². The summed E-state index contributed by atoms with van der Waals surface area (Å²) in [5.41, 5.74) is 7.08. The number of rotatable bonds is 4. The summed E-state index contributed by atoms with van der Waals surface area (Å²) < 4.78 is 33.4. The number of hydrogen-bond acceptors (Lipinski definition) is 4. The van der Waals surface area contributed by atoms with E-state index in [1.54, 1.807) is 18.2 Å². The normalized spacial score (nSPS) is 26.9. The summed E-state index contributed by atoms with van der Waals surface area (Å²) in [5.74, 6) is 0.514. The Kier molecular flexibility index (Phi) is 3.48. The molecule has 1 heterocycles. The number of aryl methyl sites for hydroxylation is 1. The van der Waals surface area contributed by atoms with Crippen molar-refractivity contribution in [1.82, 2.24) is 4.72 Å². The van der Waals surface area contributed by atoms with Crippen molar-refractivity contribution in [3.8, 4) is 0 Å². The van der Waals surface area contributed by atoms with Crippen LogP contribution >= 0.6 is 0 Å². The van der Waals surface area contributed by atoms with Gasteiger partial charge in [-0.2, -0.15) is 0 Å². The molecule has 2 fully saturated rings. The molecule has 1 saturated carbocycles. The van der Waals surface area contributed by atoms with Gasteiger partial charge in [0.25, 0.3) is 0 Å². The zero-order chi connectivity index (χ0) is 14.3. The molecule has 0 bridgehead atoms. The molecule has 20 heavy (non-hydrogen) atoms. The lowest BCUT2D eigenvalue weighted by Crippen LogP contribution is -2.41. The summed E-state index contributed by atoms with van der Waals surface area (Å²) in [5, 5.41) is 0. The summed E-state index contributed by atoms with van der Waals surface area (Å²) in [6.45, 7) is 2.51. The fraction of sp³-hybridized carbons (Fsp3) is 0.571. The van der Waals surface area contributed by atoms with Crippen LogP contribution in [0.25, 0.3) is 0 Å². The molecule has 2 aliphatic rings. The molecule has 3 N–H and O–H groups in total. The molecule has 1 aromatic carbocycles. The number of benzene rings is 1. The van der Waals surface area contributed by atoms with E-state index >= 15 is 0 Å². The van der Waals surface area contributed by atoms with Crippen molar-refractivity contribution in [3.63, 3.8) is 0 Å². The molecule has 0 spiro atoms. The monoisotopic (exact) mass is 296 g/mol. The second-order valence-corrected chi connectivity index (χ2v) is 7.41. The quantitative estimate of drug-likeness (QED) is 0.823. The van der Waals surface area contributed by atoms with Crippen LogP contribution in [0, 0.1) is 12.8 Å². The fourth-order valence-electron chi connectivity index (χ4n) is 2.80. The molecule has 110 valence electrons. The van der Waals surface area contributed by atoms with E-state index in [-0.39, 0.29) is 17.0 Å². The maximum absolute atomic E-state index is 12.5. The van der Waals surface area contributed by atoms with Gasteiger partial charge in [-0.15, -0.1) is 0 Å². The Morgan fingerprint density at radius 1 is 1.30 bits per heavy atom. The lowest BCUT2D eigenvalue weighted by Gasteiger charge is -2.20. The number of sulfonamides is 1. The Labute approximate surface area is 119 Å². The van der Waals surface area contributed by atoms with Crippen LogP contribution in [0.5, 0.6) is 0 Å². The average Bonchev–Trinajstić information content (AvgIpc) is 3.10. The van der Waals surface area contributed by atoms with Gasteiger partial charge in [0.15, 0.2) is 0 Å². The Morgan fingerprint density at radius 3 is 2.70 bits per heavy atom. The second kappa shape index (κ2) is 5.02. The molecular weight excluding hydrogens is 276 g/mol. The van der Waals surface area contributed by atoms with Crippen LogP contribution in [0.3, 0.4) is 0 Å². The first-order chi connectivity index (χ1) is 9.47. The van der Waals surface area contributed by atoms with Gasteiger partial charge in [-0.25, -0.2) is 13.1 Å². The first kappa shape index (κ1) is 13.9. The second-order valence-electron chi connectivity index (χ2n) is 5.73. The van der Waals surface area contributed by atoms with Crippen LogP contribution < -0.4 is 10.5 Å². The van der Waals surface area contributed by atoms with Crippen LogP contribution in [-0.4, -0.2) is 27.2 Å². The van der Waals surface area contributed by atoms with Crippen molar-refractivity contribution >= 4 is 15.7 Å². The van der Waals surface area contributed by atoms with Gasteiger partial charge in [0.05, 0.1) is 17.8 Å². The molecule has 0 radical (unpaired) electrons. The van der Waals surface area contributed by atoms with E-state index in [0.29, 0.717) is 18.2 Å². The zero-order valence-electron chi connectivity index (χ0n) is 11.5. The predicted molar refractivity (Wildman–Crippen MR) is 76.8 cm³/mol. The van der Waals surface area contributed by atoms with Crippen molar-refractivity contribution < 1.29 is 13.2 Å². The van der Waals surface area contributed by atoms with E-state index in [1.807, 2.05) is 6.92 Å². The third-order valence-electron chi connectivity index (χ3n) is 3.98. The van der Waals surface area contributed by atoms with Crippen LogP contribution in [0.4, 0.5) is 5.69 Å². The fourth-order valence-corrected chi connectivity index (χ4v) is 4.20. The summed E-state index contributed by atoms with van der Waals surface area (Å²) in [6, 6.07) is 4.87. The topological polar surface area (TPSA) is 81.4 Å². The highest BCUT2D eigenvalue weighted by Gasteiger charge is 2.42. The summed E-state index contributed by atoms with van der Waals surface area (Å²) in [6.07, 6.45) is 3.02. The number of ether oxygens (including phenoxy) is 1. The Balaban J connectivity index is 1.81. The van der Waals surface area contributed by atoms with Crippen LogP contribution in [0.1, 0.15) is 24.8 Å². The zero-order valence-corrected chi connectivity index (χ0v) is 12.3. The SMILES string of the molecule is Cc1ccc(S(=O)(=O)NC2CCOC2C2CC2)c(N)c1. The highest BCUT2D eigenvalue weighted by Crippen LogP contribution is 2.39. The third-order valence-corrected chi connectivity index (χ3v) is 5.55. The molecule has 6 heteroatoms. The summed E-state index contributed by atoms with van der Waals surface area (Å²) in [4.78, 5) is 0.157. The van der Waals surface area contributed by atoms with E-state index in [4.69, 9.17) is 10.5 Å². The van der Waals surface area contributed by atoms with Crippen LogP contribution in [0.15, 0.2) is 23.1 Å². The van der Waals surface area contributed by atoms with E-state index in [1.165, 1.54) is 0 Å². The Morgan fingerprint density at radius 2 is 2.05 bits per heavy atom. The molecule has 0 aromatic heterocycles. The smallest absolute Gasteiger partial charge is 0.242 e. The van der Waals surface area contributed by atoms with E-state index in [9.17, 15) is 8.42 Å². The van der Waals surface area contributed by atoms with Crippen LogP contribution in [0.2, 0.25) is 0 Å². The summed E-state index contributed by atoms with van der Waals surface area (Å²) >= 11 is 0. The molecule has 0 amide bonds. The van der Waals surface area contributed by atoms with Crippen molar-refractivity contribution in [2.24, 2.45) is 5.92 Å². The number of hydrogen-bond donors (Lipinski definition) is 2. The number of anilines is 1. The minimum atomic E-state index is -3.58. The summed E-state index contributed by atoms with van der Waals surface area (Å²) in [7, 11) is -3.58. The van der Waals surface area contributed by atoms with E-state index < -0.39 is 10.0 Å². The van der Waals surface area contributed by atoms with Gasteiger partial charge >= 0.3 is 0 Å². The predicted octanol–water partition coefficient (Wildman–Crippen LogP) is 1.42. The van der Waals surface area contributed by atoms with Crippen molar-refractivity contribution in [1.29, 1.82) is 0 Å². The molecule has 1 aliphatic carbocycles. The molecule has 3 rings (SSSR count). The highest BCUT2D eigenvalue weighted by molar-refractivity contribution is 7.89. The maximum atomic E-state index is 12.5. The first-order valence-corrected chi connectivity index (χ1v) is 8.46. The van der Waals surface area contributed by atoms with Gasteiger partial charge in [0.1, 0.15) is 4.90 Å². The number of nitrogens with one attached hydrogen (secondary N) is 1. The van der Waals surface area contributed by atoms with E-state index in [0.717, 1.165) is 24.8 Å². The van der Waals surface area contributed by atoms with Gasteiger partial charge in [-0.3, -0.25) is 0 Å². The first-order valence-electron chi connectivity index (χ1n) is 6.97. The Hall–Kier alpha value is -1.11. The molecular formula is C14H20N2O3S.